The van der Waals surface area contributed by atoms with Crippen molar-refractivity contribution < 1.29 is 9.90 Å². The number of carbonyl (C=O) groups excluding carboxylic acids is 1. The molecule has 2 aliphatic rings. The van der Waals surface area contributed by atoms with E-state index in [9.17, 15) is 9.90 Å². The number of carbonyl (C=O) groups is 1. The predicted octanol–water partition coefficient (Wildman–Crippen LogP) is 3.54. The van der Waals surface area contributed by atoms with Gasteiger partial charge in [0, 0.05) is 35.7 Å². The summed E-state index contributed by atoms with van der Waals surface area (Å²) in [4.78, 5) is 14.5. The molecule has 3 unspecified atom stereocenters. The van der Waals surface area contributed by atoms with Crippen LogP contribution >= 0.6 is 0 Å². The summed E-state index contributed by atoms with van der Waals surface area (Å²) in [6.45, 7) is 0.782. The molecule has 3 atom stereocenters. The molecule has 0 saturated heterocycles. The van der Waals surface area contributed by atoms with Crippen LogP contribution in [0.3, 0.4) is 0 Å². The Bertz CT molecular complexity index is 775. The fourth-order valence-electron chi connectivity index (χ4n) is 4.70. The monoisotopic (exact) mass is 336 g/mol. The van der Waals surface area contributed by atoms with E-state index in [4.69, 9.17) is 5.73 Å². The first kappa shape index (κ1) is 16.0. The highest BCUT2D eigenvalue weighted by Gasteiger charge is 2.46. The third-order valence-corrected chi connectivity index (χ3v) is 5.78. The molecule has 1 amide bonds. The lowest BCUT2D eigenvalue weighted by atomic mass is 9.81. The largest absolute Gasteiger partial charge is 0.508 e. The van der Waals surface area contributed by atoms with Crippen molar-refractivity contribution in [2.45, 2.75) is 44.2 Å². The Balaban J connectivity index is 1.80. The molecule has 2 aromatic carbocycles. The van der Waals surface area contributed by atoms with Crippen molar-refractivity contribution in [3.63, 3.8) is 0 Å². The van der Waals surface area contributed by atoms with Gasteiger partial charge in [-0.05, 0) is 30.5 Å². The highest BCUT2D eigenvalue weighted by Crippen LogP contribution is 2.52. The molecule has 0 radical (unpaired) electrons. The van der Waals surface area contributed by atoms with E-state index >= 15 is 0 Å². The number of amides is 1. The molecule has 130 valence electrons. The van der Waals surface area contributed by atoms with E-state index < -0.39 is 0 Å². The van der Waals surface area contributed by atoms with E-state index in [-0.39, 0.29) is 29.5 Å². The zero-order valence-corrected chi connectivity index (χ0v) is 14.3. The van der Waals surface area contributed by atoms with Crippen LogP contribution < -0.4 is 10.6 Å². The van der Waals surface area contributed by atoms with Crippen molar-refractivity contribution in [3.8, 4) is 5.75 Å². The van der Waals surface area contributed by atoms with Gasteiger partial charge in [-0.2, -0.15) is 0 Å². The number of benzene rings is 2. The number of fused-ring (bicyclic) bond motifs is 3. The van der Waals surface area contributed by atoms with Crippen LogP contribution in [0.1, 0.15) is 42.7 Å². The second-order valence-electron chi connectivity index (χ2n) is 7.21. The number of phenolic OH excluding ortho intramolecular Hbond substituents is 1. The number of phenols is 1. The molecule has 1 saturated carbocycles. The fourth-order valence-corrected chi connectivity index (χ4v) is 4.70. The van der Waals surface area contributed by atoms with Gasteiger partial charge in [0.25, 0.3) is 0 Å². The molecule has 2 aromatic rings. The predicted molar refractivity (Wildman–Crippen MR) is 98.4 cm³/mol. The van der Waals surface area contributed by atoms with E-state index in [0.29, 0.717) is 0 Å². The lowest BCUT2D eigenvalue weighted by molar-refractivity contribution is -0.122. The van der Waals surface area contributed by atoms with Crippen molar-refractivity contribution in [2.75, 3.05) is 4.90 Å². The van der Waals surface area contributed by atoms with Crippen LogP contribution in [0.5, 0.6) is 5.75 Å². The first-order chi connectivity index (χ1) is 12.2. The van der Waals surface area contributed by atoms with Gasteiger partial charge in [0.1, 0.15) is 5.75 Å². The maximum absolute atomic E-state index is 12.2. The average molecular weight is 336 g/mol. The Kier molecular flexibility index (Phi) is 4.12. The number of rotatable bonds is 3. The maximum atomic E-state index is 12.2. The summed E-state index contributed by atoms with van der Waals surface area (Å²) >= 11 is 0. The second kappa shape index (κ2) is 6.43. The van der Waals surface area contributed by atoms with Gasteiger partial charge in [0.2, 0.25) is 5.91 Å². The quantitative estimate of drug-likeness (QED) is 0.901. The molecule has 1 aliphatic heterocycles. The van der Waals surface area contributed by atoms with Gasteiger partial charge < -0.3 is 15.7 Å². The lowest BCUT2D eigenvalue weighted by Crippen LogP contribution is -2.38. The first-order valence-electron chi connectivity index (χ1n) is 9.08. The van der Waals surface area contributed by atoms with E-state index in [1.54, 1.807) is 6.07 Å². The minimum atomic E-state index is -0.243. The van der Waals surface area contributed by atoms with Gasteiger partial charge >= 0.3 is 0 Å². The number of hydrogen-bond acceptors (Lipinski definition) is 3. The number of anilines is 1. The van der Waals surface area contributed by atoms with Crippen LogP contribution in [0.4, 0.5) is 5.69 Å². The average Bonchev–Trinajstić information content (AvgIpc) is 2.78. The molecule has 0 bridgehead atoms. The summed E-state index contributed by atoms with van der Waals surface area (Å²) in [6, 6.07) is 16.2. The van der Waals surface area contributed by atoms with Crippen LogP contribution in [0, 0.1) is 5.92 Å². The normalized spacial score (nSPS) is 25.1. The summed E-state index contributed by atoms with van der Waals surface area (Å²) < 4.78 is 0. The van der Waals surface area contributed by atoms with Crippen molar-refractivity contribution in [2.24, 2.45) is 11.7 Å². The fraction of sp³-hybridized carbons (Fsp3) is 0.381. The molecule has 4 heteroatoms. The Hall–Kier alpha value is -2.49. The topological polar surface area (TPSA) is 66.6 Å². The minimum absolute atomic E-state index is 0.0140. The van der Waals surface area contributed by atoms with Gasteiger partial charge in [0.15, 0.2) is 0 Å². The maximum Gasteiger partial charge on any atom is 0.221 e. The highest BCUT2D eigenvalue weighted by atomic mass is 16.3. The molecule has 4 nitrogen and oxygen atoms in total. The number of primary amides is 1. The Morgan fingerprint density at radius 3 is 2.60 bits per heavy atom. The third-order valence-electron chi connectivity index (χ3n) is 5.78. The molecule has 1 aliphatic carbocycles. The lowest BCUT2D eigenvalue weighted by Gasteiger charge is -2.31. The first-order valence-corrected chi connectivity index (χ1v) is 9.08. The minimum Gasteiger partial charge on any atom is -0.508 e. The number of nitrogens with zero attached hydrogens (tertiary/aromatic N) is 1. The van der Waals surface area contributed by atoms with Crippen molar-refractivity contribution in [1.82, 2.24) is 0 Å². The molecule has 0 aromatic heterocycles. The molecular formula is C21H24N2O2. The molecular weight excluding hydrogens is 312 g/mol. The molecule has 0 spiro atoms. The number of aromatic hydroxyl groups is 1. The van der Waals surface area contributed by atoms with E-state index in [2.05, 4.69) is 23.1 Å². The van der Waals surface area contributed by atoms with Gasteiger partial charge in [-0.25, -0.2) is 0 Å². The summed E-state index contributed by atoms with van der Waals surface area (Å²) in [6.07, 6.45) is 3.94. The Labute approximate surface area is 148 Å². The van der Waals surface area contributed by atoms with E-state index in [0.717, 1.165) is 43.5 Å². The van der Waals surface area contributed by atoms with E-state index in [1.165, 1.54) is 5.56 Å². The van der Waals surface area contributed by atoms with Crippen molar-refractivity contribution in [1.29, 1.82) is 0 Å². The van der Waals surface area contributed by atoms with Crippen LogP contribution in [0.15, 0.2) is 48.5 Å². The Morgan fingerprint density at radius 1 is 1.08 bits per heavy atom. The summed E-state index contributed by atoms with van der Waals surface area (Å²) in [5.41, 5.74) is 8.95. The summed E-state index contributed by atoms with van der Waals surface area (Å²) in [5, 5.41) is 10.6. The summed E-state index contributed by atoms with van der Waals surface area (Å²) in [5.74, 6) is -0.177. The smallest absolute Gasteiger partial charge is 0.221 e. The van der Waals surface area contributed by atoms with Crippen molar-refractivity contribution >= 4 is 11.6 Å². The van der Waals surface area contributed by atoms with Crippen LogP contribution in [-0.4, -0.2) is 17.1 Å². The highest BCUT2D eigenvalue weighted by molar-refractivity contribution is 5.80. The van der Waals surface area contributed by atoms with Crippen LogP contribution in [0.25, 0.3) is 0 Å². The second-order valence-corrected chi connectivity index (χ2v) is 7.21. The van der Waals surface area contributed by atoms with Gasteiger partial charge in [-0.15, -0.1) is 0 Å². The van der Waals surface area contributed by atoms with Gasteiger partial charge in [0.05, 0.1) is 0 Å². The Morgan fingerprint density at radius 2 is 1.84 bits per heavy atom. The zero-order chi connectivity index (χ0) is 17.4. The summed E-state index contributed by atoms with van der Waals surface area (Å²) in [7, 11) is 0. The van der Waals surface area contributed by atoms with Gasteiger partial charge in [-0.3, -0.25) is 4.79 Å². The molecule has 1 heterocycles. The van der Waals surface area contributed by atoms with Crippen molar-refractivity contribution in [3.05, 3.63) is 59.7 Å². The van der Waals surface area contributed by atoms with E-state index in [1.807, 2.05) is 24.3 Å². The third kappa shape index (κ3) is 2.76. The number of hydrogen-bond donors (Lipinski definition) is 2. The zero-order valence-electron chi connectivity index (χ0n) is 14.3. The van der Waals surface area contributed by atoms with Crippen LogP contribution in [-0.2, 0) is 11.3 Å². The standard InChI is InChI=1S/C21H24N2O2/c22-21(25)15-9-4-5-10-16-19(15)20-17(11-6-12-18(20)24)23(16)13-14-7-2-1-3-8-14/h1-3,6-8,11-12,15-16,19,24H,4-5,9-10,13H2,(H2,22,25). The molecule has 25 heavy (non-hydrogen) atoms. The SMILES string of the molecule is NC(=O)C1CCCCC2C1c1c(O)cccc1N2Cc1ccccc1. The molecule has 3 N–H and O–H groups in total. The number of nitrogens with two attached hydrogens (primary N) is 1. The van der Waals surface area contributed by atoms with Gasteiger partial charge in [-0.1, -0.05) is 49.2 Å². The molecule has 4 rings (SSSR count). The molecule has 1 fully saturated rings. The van der Waals surface area contributed by atoms with Crippen LogP contribution in [0.2, 0.25) is 0 Å².